The molecule has 0 fully saturated rings. The van der Waals surface area contributed by atoms with Crippen LogP contribution in [-0.2, 0) is 0 Å². The fraction of sp³-hybridized carbons (Fsp3) is 0.353. The minimum atomic E-state index is 0.905. The second-order valence-electron chi connectivity index (χ2n) is 5.42. The monoisotopic (exact) mass is 330 g/mol. The van der Waals surface area contributed by atoms with E-state index in [1.54, 1.807) is 18.0 Å². The first-order valence-electron chi connectivity index (χ1n) is 7.61. The van der Waals surface area contributed by atoms with Gasteiger partial charge in [0.25, 0.3) is 0 Å². The highest BCUT2D eigenvalue weighted by atomic mass is 32.2. The number of aliphatic imine (C=N–C) groups is 1. The van der Waals surface area contributed by atoms with Gasteiger partial charge in [-0.15, -0.1) is 11.8 Å². The van der Waals surface area contributed by atoms with Gasteiger partial charge in [-0.2, -0.15) is 0 Å². The predicted octanol–water partition coefficient (Wildman–Crippen LogP) is 5.04. The molecule has 0 unspecified atom stereocenters. The van der Waals surface area contributed by atoms with Crippen molar-refractivity contribution < 1.29 is 4.42 Å². The predicted molar refractivity (Wildman–Crippen MR) is 96.4 cm³/mol. The molecule has 3 heterocycles. The van der Waals surface area contributed by atoms with Crippen LogP contribution in [0.4, 0.5) is 0 Å². The Morgan fingerprint density at radius 2 is 2.27 bits per heavy atom. The number of amidine groups is 1. The summed E-state index contributed by atoms with van der Waals surface area (Å²) in [5.74, 6) is 0. The Morgan fingerprint density at radius 3 is 3.09 bits per heavy atom. The van der Waals surface area contributed by atoms with Gasteiger partial charge in [0, 0.05) is 22.4 Å². The van der Waals surface area contributed by atoms with Crippen molar-refractivity contribution in [2.45, 2.75) is 24.7 Å². The van der Waals surface area contributed by atoms with E-state index >= 15 is 0 Å². The van der Waals surface area contributed by atoms with Gasteiger partial charge in [0.15, 0.2) is 5.17 Å². The van der Waals surface area contributed by atoms with E-state index in [4.69, 9.17) is 4.42 Å². The summed E-state index contributed by atoms with van der Waals surface area (Å²) < 4.78 is 5.75. The first kappa shape index (κ1) is 14.3. The lowest BCUT2D eigenvalue weighted by Gasteiger charge is -2.18. The van der Waals surface area contributed by atoms with Gasteiger partial charge in [-0.25, -0.2) is 0 Å². The van der Waals surface area contributed by atoms with Crippen LogP contribution < -0.4 is 0 Å². The van der Waals surface area contributed by atoms with Crippen LogP contribution in [-0.4, -0.2) is 29.4 Å². The summed E-state index contributed by atoms with van der Waals surface area (Å²) in [5.41, 5.74) is 3.63. The minimum absolute atomic E-state index is 0.905. The summed E-state index contributed by atoms with van der Waals surface area (Å²) in [6.45, 7) is 4.14. The van der Waals surface area contributed by atoms with Crippen LogP contribution in [0.25, 0.3) is 16.7 Å². The van der Waals surface area contributed by atoms with Crippen LogP contribution in [0.15, 0.2) is 43.7 Å². The standard InChI is InChI=1S/C17H18N2OS2/c1-3-4-13-15(19-9-8-18-17(19)22-13)11-5-6-14(21-2)16-12(11)7-10-20-16/h5-7,10H,3-4,8-9H2,1-2H3. The molecule has 0 N–H and O–H groups in total. The topological polar surface area (TPSA) is 28.7 Å². The second-order valence-corrected chi connectivity index (χ2v) is 7.33. The molecule has 0 amide bonds. The number of fused-ring (bicyclic) bond motifs is 2. The third-order valence-corrected chi connectivity index (χ3v) is 6.02. The molecule has 3 nitrogen and oxygen atoms in total. The maximum Gasteiger partial charge on any atom is 0.168 e. The van der Waals surface area contributed by atoms with Crippen LogP contribution >= 0.6 is 23.5 Å². The highest BCUT2D eigenvalue weighted by Gasteiger charge is 2.33. The normalized spacial score (nSPS) is 17.5. The van der Waals surface area contributed by atoms with Crippen LogP contribution in [0.5, 0.6) is 0 Å². The Labute approximate surface area is 138 Å². The van der Waals surface area contributed by atoms with Gasteiger partial charge < -0.3 is 9.32 Å². The van der Waals surface area contributed by atoms with Crippen molar-refractivity contribution in [1.82, 2.24) is 4.90 Å². The summed E-state index contributed by atoms with van der Waals surface area (Å²) in [4.78, 5) is 9.67. The summed E-state index contributed by atoms with van der Waals surface area (Å²) >= 11 is 3.58. The van der Waals surface area contributed by atoms with Crippen molar-refractivity contribution >= 4 is 45.4 Å². The number of rotatable bonds is 4. The highest BCUT2D eigenvalue weighted by molar-refractivity contribution is 8.17. The fourth-order valence-electron chi connectivity index (χ4n) is 3.13. The zero-order valence-electron chi connectivity index (χ0n) is 12.8. The average Bonchev–Trinajstić information content (AvgIpc) is 3.21. The van der Waals surface area contributed by atoms with E-state index in [1.807, 2.05) is 11.8 Å². The third kappa shape index (κ3) is 2.10. The van der Waals surface area contributed by atoms with E-state index < -0.39 is 0 Å². The lowest BCUT2D eigenvalue weighted by Crippen LogP contribution is -2.20. The van der Waals surface area contributed by atoms with Crippen molar-refractivity contribution in [2.24, 2.45) is 4.99 Å². The molecule has 1 aromatic heterocycles. The lowest BCUT2D eigenvalue weighted by atomic mass is 10.0. The van der Waals surface area contributed by atoms with E-state index in [9.17, 15) is 0 Å². The summed E-state index contributed by atoms with van der Waals surface area (Å²) in [6, 6.07) is 6.52. The second kappa shape index (κ2) is 5.70. The number of hydrogen-bond donors (Lipinski definition) is 0. The Morgan fingerprint density at radius 1 is 1.36 bits per heavy atom. The first-order valence-corrected chi connectivity index (χ1v) is 9.65. The molecule has 0 aliphatic carbocycles. The molecule has 0 saturated heterocycles. The van der Waals surface area contributed by atoms with Crippen molar-refractivity contribution in [3.8, 4) is 0 Å². The molecule has 22 heavy (non-hydrogen) atoms. The summed E-state index contributed by atoms with van der Waals surface area (Å²) in [6.07, 6.45) is 6.16. The highest BCUT2D eigenvalue weighted by Crippen LogP contribution is 2.46. The van der Waals surface area contributed by atoms with Gasteiger partial charge in [-0.05, 0) is 24.8 Å². The molecule has 0 radical (unpaired) electrons. The van der Waals surface area contributed by atoms with Gasteiger partial charge in [-0.1, -0.05) is 31.2 Å². The maximum absolute atomic E-state index is 5.75. The molecule has 0 spiro atoms. The number of nitrogens with zero attached hydrogens (tertiary/aromatic N) is 2. The average molecular weight is 330 g/mol. The Bertz CT molecular complexity index is 791. The van der Waals surface area contributed by atoms with E-state index in [1.165, 1.54) is 31.6 Å². The third-order valence-electron chi connectivity index (χ3n) is 4.08. The number of benzene rings is 1. The molecule has 4 rings (SSSR count). The Hall–Kier alpha value is -1.33. The van der Waals surface area contributed by atoms with Crippen LogP contribution in [0, 0.1) is 0 Å². The molecule has 0 bridgehead atoms. The molecule has 2 aliphatic heterocycles. The molecule has 0 saturated carbocycles. The largest absolute Gasteiger partial charge is 0.463 e. The molecule has 5 heteroatoms. The molecule has 0 atom stereocenters. The van der Waals surface area contributed by atoms with Gasteiger partial charge in [0.2, 0.25) is 0 Å². The van der Waals surface area contributed by atoms with Crippen LogP contribution in [0.2, 0.25) is 0 Å². The SMILES string of the molecule is CCCC1=C(c2ccc(SC)c3occc23)N2CCN=C2S1. The van der Waals surface area contributed by atoms with Gasteiger partial charge in [0.1, 0.15) is 5.58 Å². The van der Waals surface area contributed by atoms with Gasteiger partial charge in [0.05, 0.1) is 23.4 Å². The number of thioether (sulfide) groups is 2. The first-order chi connectivity index (χ1) is 10.8. The Balaban J connectivity index is 1.91. The minimum Gasteiger partial charge on any atom is -0.463 e. The number of hydrogen-bond acceptors (Lipinski definition) is 5. The molecular formula is C17H18N2OS2. The molecular weight excluding hydrogens is 312 g/mol. The Kier molecular flexibility index (Phi) is 3.70. The zero-order valence-corrected chi connectivity index (χ0v) is 14.4. The zero-order chi connectivity index (χ0) is 15.1. The smallest absolute Gasteiger partial charge is 0.168 e. The molecule has 1 aromatic carbocycles. The van der Waals surface area contributed by atoms with E-state index in [0.717, 1.165) is 31.5 Å². The van der Waals surface area contributed by atoms with Gasteiger partial charge in [-0.3, -0.25) is 4.99 Å². The van der Waals surface area contributed by atoms with E-state index in [2.05, 4.69) is 41.3 Å². The van der Waals surface area contributed by atoms with E-state index in [0.29, 0.717) is 0 Å². The van der Waals surface area contributed by atoms with Crippen molar-refractivity contribution in [3.63, 3.8) is 0 Å². The van der Waals surface area contributed by atoms with E-state index in [-0.39, 0.29) is 0 Å². The maximum atomic E-state index is 5.75. The van der Waals surface area contributed by atoms with Crippen LogP contribution in [0.1, 0.15) is 25.3 Å². The molecule has 2 aliphatic rings. The van der Waals surface area contributed by atoms with Gasteiger partial charge >= 0.3 is 0 Å². The fourth-order valence-corrected chi connectivity index (χ4v) is 4.97. The van der Waals surface area contributed by atoms with Crippen LogP contribution in [0.3, 0.4) is 0 Å². The van der Waals surface area contributed by atoms with Crippen molar-refractivity contribution in [2.75, 3.05) is 19.3 Å². The summed E-state index contributed by atoms with van der Waals surface area (Å²) in [7, 11) is 0. The number of furan rings is 1. The molecule has 2 aromatic rings. The summed E-state index contributed by atoms with van der Waals surface area (Å²) in [5, 5.41) is 2.38. The van der Waals surface area contributed by atoms with Crippen molar-refractivity contribution in [3.05, 3.63) is 34.9 Å². The quantitative estimate of drug-likeness (QED) is 0.734. The van der Waals surface area contributed by atoms with Crippen molar-refractivity contribution in [1.29, 1.82) is 0 Å². The molecule has 114 valence electrons. The lowest BCUT2D eigenvalue weighted by molar-refractivity contribution is 0.608. The number of allylic oxidation sites excluding steroid dienone is 1.